The molecule has 4 heteroatoms. The van der Waals surface area contributed by atoms with Crippen LogP contribution in [0.15, 0.2) is 0 Å². The number of hydrogen-bond donors (Lipinski definition) is 1. The van der Waals surface area contributed by atoms with E-state index in [1.165, 1.54) is 38.5 Å². The van der Waals surface area contributed by atoms with Gasteiger partial charge in [0.15, 0.2) is 0 Å². The number of carbonyl (C=O) groups excluding carboxylic acids is 1. The number of hydroxylamine groups is 1. The lowest BCUT2D eigenvalue weighted by Gasteiger charge is -2.60. The first-order valence-corrected chi connectivity index (χ1v) is 11.1. The summed E-state index contributed by atoms with van der Waals surface area (Å²) in [6.45, 7) is 9.06. The molecular weight excluding hydrogens is 326 g/mol. The van der Waals surface area contributed by atoms with Crippen molar-refractivity contribution in [2.45, 2.75) is 91.3 Å². The van der Waals surface area contributed by atoms with Gasteiger partial charge in [-0.3, -0.25) is 9.63 Å². The third kappa shape index (κ3) is 2.28. The molecule has 0 aromatic carbocycles. The molecule has 5 fully saturated rings. The van der Waals surface area contributed by atoms with E-state index in [0.717, 1.165) is 25.2 Å². The lowest BCUT2D eigenvalue weighted by Crippen LogP contribution is -2.60. The number of hydrogen-bond acceptors (Lipinski definition) is 4. The van der Waals surface area contributed by atoms with Crippen molar-refractivity contribution >= 4 is 5.78 Å². The Kier molecular flexibility index (Phi) is 4.77. The molecule has 7 atom stereocenters. The van der Waals surface area contributed by atoms with E-state index in [1.54, 1.807) is 0 Å². The maximum absolute atomic E-state index is 13.4. The Morgan fingerprint density at radius 3 is 2.54 bits per heavy atom. The zero-order chi connectivity index (χ0) is 18.6. The van der Waals surface area contributed by atoms with E-state index >= 15 is 0 Å². The van der Waals surface area contributed by atoms with Crippen molar-refractivity contribution in [1.29, 1.82) is 0 Å². The van der Waals surface area contributed by atoms with Gasteiger partial charge < -0.3 is 4.74 Å². The molecule has 4 nitrogen and oxygen atoms in total. The molecular formula is C22H37NO3. The lowest BCUT2D eigenvalue weighted by molar-refractivity contribution is -0.245. The lowest BCUT2D eigenvalue weighted by atomic mass is 9.45. The van der Waals surface area contributed by atoms with E-state index < -0.39 is 11.2 Å². The van der Waals surface area contributed by atoms with Crippen LogP contribution in [0.1, 0.15) is 85.5 Å². The summed E-state index contributed by atoms with van der Waals surface area (Å²) in [5, 5.41) is 0. The number of ketones is 1. The molecule has 0 bridgehead atoms. The minimum Gasteiger partial charge on any atom is -0.330 e. The highest BCUT2D eigenvalue weighted by Gasteiger charge is 2.71. The zero-order valence-corrected chi connectivity index (χ0v) is 17.1. The first-order valence-electron chi connectivity index (χ1n) is 11.1. The Morgan fingerprint density at radius 1 is 1.00 bits per heavy atom. The van der Waals surface area contributed by atoms with E-state index in [9.17, 15) is 4.79 Å². The van der Waals surface area contributed by atoms with Gasteiger partial charge in [0.25, 0.3) is 0 Å². The first-order chi connectivity index (χ1) is 12.5. The molecule has 1 N–H and O–H groups in total. The molecule has 5 aliphatic rings. The number of nitrogens with one attached hydrogen (secondary N) is 1. The van der Waals surface area contributed by atoms with Crippen molar-refractivity contribution < 1.29 is 14.4 Å². The van der Waals surface area contributed by atoms with Crippen molar-refractivity contribution in [1.82, 2.24) is 5.48 Å². The van der Waals surface area contributed by atoms with Gasteiger partial charge >= 0.3 is 0 Å². The normalized spacial score (nSPS) is 52.7. The predicted molar refractivity (Wildman–Crippen MR) is 101 cm³/mol. The Hall–Kier alpha value is -0.450. The molecule has 4 saturated carbocycles. The summed E-state index contributed by atoms with van der Waals surface area (Å²) in [4.78, 5) is 19.3. The third-order valence-electron chi connectivity index (χ3n) is 9.08. The molecule has 0 aromatic rings. The van der Waals surface area contributed by atoms with Gasteiger partial charge in [-0.25, -0.2) is 0 Å². The average molecular weight is 364 g/mol. The maximum atomic E-state index is 13.4. The monoisotopic (exact) mass is 363 g/mol. The quantitative estimate of drug-likeness (QED) is 0.670. The number of fused-ring (bicyclic) bond motifs is 6. The molecule has 1 spiro atoms. The first kappa shape index (κ1) is 18.9. The Morgan fingerprint density at radius 2 is 1.81 bits per heavy atom. The highest BCUT2D eigenvalue weighted by molar-refractivity contribution is 5.87. The van der Waals surface area contributed by atoms with E-state index in [0.29, 0.717) is 35.7 Å². The molecule has 5 rings (SSSR count). The van der Waals surface area contributed by atoms with Crippen LogP contribution >= 0.6 is 0 Å². The van der Waals surface area contributed by atoms with Gasteiger partial charge in [0, 0.05) is 12.8 Å². The predicted octanol–water partition coefficient (Wildman–Crippen LogP) is 4.83. The van der Waals surface area contributed by atoms with Gasteiger partial charge in [-0.05, 0) is 68.1 Å². The summed E-state index contributed by atoms with van der Waals surface area (Å²) >= 11 is 0. The van der Waals surface area contributed by atoms with Crippen molar-refractivity contribution in [2.75, 3.05) is 6.73 Å². The fourth-order valence-electron chi connectivity index (χ4n) is 7.69. The summed E-state index contributed by atoms with van der Waals surface area (Å²) in [5.74, 6) is 2.25. The number of carbonyl (C=O) groups is 1. The number of rotatable bonds is 0. The SMILES string of the molecule is CC.CC12CCCCC1CCC1C2CC(=O)C2(C)C1CCC21OCNO1. The molecule has 4 aliphatic carbocycles. The van der Waals surface area contributed by atoms with Crippen LogP contribution in [0.25, 0.3) is 0 Å². The van der Waals surface area contributed by atoms with E-state index in [4.69, 9.17) is 9.57 Å². The topological polar surface area (TPSA) is 47.6 Å². The molecule has 0 aromatic heterocycles. The second-order valence-corrected chi connectivity index (χ2v) is 9.56. The number of Topliss-reactive ketones (excluding diaryl/α,β-unsaturated/α-hetero) is 1. The summed E-state index contributed by atoms with van der Waals surface area (Å²) in [6, 6.07) is 0. The van der Waals surface area contributed by atoms with Crippen LogP contribution in [-0.2, 0) is 14.4 Å². The summed E-state index contributed by atoms with van der Waals surface area (Å²) in [7, 11) is 0. The van der Waals surface area contributed by atoms with E-state index in [1.807, 2.05) is 13.8 Å². The average Bonchev–Trinajstić information content (AvgIpc) is 3.25. The summed E-state index contributed by atoms with van der Waals surface area (Å²) < 4.78 is 6.00. The minimum atomic E-state index is -0.704. The maximum Gasteiger partial charge on any atom is 0.201 e. The van der Waals surface area contributed by atoms with Gasteiger partial charge in [-0.1, -0.05) is 33.6 Å². The summed E-state index contributed by atoms with van der Waals surface area (Å²) in [5.41, 5.74) is 2.81. The van der Waals surface area contributed by atoms with E-state index in [2.05, 4.69) is 19.3 Å². The fourth-order valence-corrected chi connectivity index (χ4v) is 7.69. The van der Waals surface area contributed by atoms with Gasteiger partial charge in [0.05, 0.1) is 5.41 Å². The zero-order valence-electron chi connectivity index (χ0n) is 17.1. The summed E-state index contributed by atoms with van der Waals surface area (Å²) in [6.07, 6.45) is 10.8. The van der Waals surface area contributed by atoms with Gasteiger partial charge in [0.2, 0.25) is 5.79 Å². The smallest absolute Gasteiger partial charge is 0.201 e. The standard InChI is InChI=1S/C20H31NO3.C2H6/c1-18-9-4-3-5-13(18)6-7-14-15-8-10-20(23-12-21-24-20)19(15,2)17(22)11-16(14)18;1-2/h13-16,21H,3-12H2,1-2H3;1-2H3. The second kappa shape index (κ2) is 6.56. The number of ether oxygens (including phenoxy) is 1. The van der Waals surface area contributed by atoms with Crippen LogP contribution in [0, 0.1) is 34.5 Å². The van der Waals surface area contributed by atoms with Crippen molar-refractivity contribution in [3.8, 4) is 0 Å². The molecule has 26 heavy (non-hydrogen) atoms. The Balaban J connectivity index is 0.000000814. The molecule has 0 radical (unpaired) electrons. The van der Waals surface area contributed by atoms with Crippen LogP contribution < -0.4 is 5.48 Å². The van der Waals surface area contributed by atoms with Crippen LogP contribution in [0.5, 0.6) is 0 Å². The molecule has 0 amide bonds. The molecule has 1 heterocycles. The second-order valence-electron chi connectivity index (χ2n) is 9.56. The van der Waals surface area contributed by atoms with Crippen molar-refractivity contribution in [3.63, 3.8) is 0 Å². The van der Waals surface area contributed by atoms with Crippen LogP contribution in [-0.4, -0.2) is 18.3 Å². The largest absolute Gasteiger partial charge is 0.330 e. The highest BCUT2D eigenvalue weighted by Crippen LogP contribution is 2.68. The molecule has 148 valence electrons. The Labute approximate surface area is 158 Å². The van der Waals surface area contributed by atoms with Gasteiger partial charge in [-0.15, -0.1) is 0 Å². The van der Waals surface area contributed by atoms with E-state index in [-0.39, 0.29) is 0 Å². The minimum absolute atomic E-state index is 0.392. The van der Waals surface area contributed by atoms with Crippen LogP contribution in [0.2, 0.25) is 0 Å². The van der Waals surface area contributed by atoms with Gasteiger partial charge in [0.1, 0.15) is 12.5 Å². The third-order valence-corrected chi connectivity index (χ3v) is 9.08. The van der Waals surface area contributed by atoms with Crippen molar-refractivity contribution in [3.05, 3.63) is 0 Å². The van der Waals surface area contributed by atoms with Gasteiger partial charge in [-0.2, -0.15) is 5.48 Å². The highest BCUT2D eigenvalue weighted by atomic mass is 16.8. The van der Waals surface area contributed by atoms with Crippen LogP contribution in [0.4, 0.5) is 0 Å². The molecule has 7 unspecified atom stereocenters. The van der Waals surface area contributed by atoms with Crippen LogP contribution in [0.3, 0.4) is 0 Å². The Bertz CT molecular complexity index is 558. The molecule has 1 aliphatic heterocycles. The molecule has 1 saturated heterocycles. The fraction of sp³-hybridized carbons (Fsp3) is 0.955. The van der Waals surface area contributed by atoms with Crippen molar-refractivity contribution in [2.24, 2.45) is 34.5 Å².